The summed E-state index contributed by atoms with van der Waals surface area (Å²) in [5.41, 5.74) is 5.59. The van der Waals surface area contributed by atoms with Crippen LogP contribution in [-0.2, 0) is 13.0 Å². The minimum atomic E-state index is -0.898. The summed E-state index contributed by atoms with van der Waals surface area (Å²) in [7, 11) is 0. The van der Waals surface area contributed by atoms with Crippen LogP contribution in [0.4, 0.5) is 0 Å². The maximum absolute atomic E-state index is 12.1. The first-order chi connectivity index (χ1) is 17.1. The average Bonchev–Trinajstić information content (AvgIpc) is 3.59. The summed E-state index contributed by atoms with van der Waals surface area (Å²) < 4.78 is 2.06. The van der Waals surface area contributed by atoms with Crippen LogP contribution in [0.25, 0.3) is 33.5 Å². The van der Waals surface area contributed by atoms with Crippen LogP contribution in [0.15, 0.2) is 53.7 Å². The third kappa shape index (κ3) is 4.46. The Morgan fingerprint density at radius 1 is 1.11 bits per heavy atom. The molecule has 0 unspecified atom stereocenters. The highest BCUT2D eigenvalue weighted by Gasteiger charge is 2.24. The van der Waals surface area contributed by atoms with Gasteiger partial charge in [0.2, 0.25) is 5.82 Å². The lowest BCUT2D eigenvalue weighted by Gasteiger charge is -2.11. The average molecular weight is 505 g/mol. The Balaban J connectivity index is 1.53. The second-order valence-corrected chi connectivity index (χ2v) is 10.3. The molecule has 35 heavy (non-hydrogen) atoms. The van der Waals surface area contributed by atoms with Gasteiger partial charge in [0.15, 0.2) is 5.16 Å². The Hall–Kier alpha value is -3.50. The summed E-state index contributed by atoms with van der Waals surface area (Å²) in [6.45, 7) is 4.73. The molecule has 5 aromatic rings. The van der Waals surface area contributed by atoms with E-state index in [1.165, 1.54) is 11.3 Å². The zero-order valence-electron chi connectivity index (χ0n) is 19.4. The Bertz CT molecular complexity index is 1470. The van der Waals surface area contributed by atoms with E-state index in [4.69, 9.17) is 4.98 Å². The normalized spacial score (nSPS) is 11.4. The second-order valence-electron chi connectivity index (χ2n) is 8.00. The van der Waals surface area contributed by atoms with E-state index in [1.807, 2.05) is 24.3 Å². The minimum Gasteiger partial charge on any atom is -0.477 e. The maximum Gasteiger partial charge on any atom is 0.348 e. The van der Waals surface area contributed by atoms with Crippen LogP contribution in [0.2, 0.25) is 0 Å². The summed E-state index contributed by atoms with van der Waals surface area (Å²) in [4.78, 5) is 18.4. The molecule has 0 radical (unpaired) electrons. The summed E-state index contributed by atoms with van der Waals surface area (Å²) in [6.07, 6.45) is 1.78. The number of hydrogen-bond acceptors (Lipinski definition) is 7. The Labute approximate surface area is 210 Å². The van der Waals surface area contributed by atoms with Crippen molar-refractivity contribution < 1.29 is 9.90 Å². The van der Waals surface area contributed by atoms with E-state index in [9.17, 15) is 9.90 Å². The smallest absolute Gasteiger partial charge is 0.348 e. The van der Waals surface area contributed by atoms with Crippen LogP contribution in [0.5, 0.6) is 0 Å². The van der Waals surface area contributed by atoms with Gasteiger partial charge in [-0.05, 0) is 34.1 Å². The van der Waals surface area contributed by atoms with Gasteiger partial charge in [-0.2, -0.15) is 5.21 Å². The lowest BCUT2D eigenvalue weighted by Crippen LogP contribution is -2.04. The van der Waals surface area contributed by atoms with Gasteiger partial charge in [-0.25, -0.2) is 9.78 Å². The number of carboxylic acids is 1. The van der Waals surface area contributed by atoms with Crippen molar-refractivity contribution in [1.82, 2.24) is 30.2 Å². The summed E-state index contributed by atoms with van der Waals surface area (Å²) in [5.74, 6) is 0.513. The SMILES string of the molecule is CCCc1sc(C(=O)O)c2c1nc(SCC)n2Cc1ccc(-c2ccccc2-c2nn[nH]n2)cc1. The predicted octanol–water partition coefficient (Wildman–Crippen LogP) is 5.76. The van der Waals surface area contributed by atoms with Crippen LogP contribution in [-0.4, -0.2) is 47.0 Å². The quantitative estimate of drug-likeness (QED) is 0.246. The second kappa shape index (κ2) is 10.0. The number of imidazole rings is 1. The van der Waals surface area contributed by atoms with E-state index in [0.717, 1.165) is 61.9 Å². The van der Waals surface area contributed by atoms with E-state index in [2.05, 4.69) is 63.3 Å². The Morgan fingerprint density at radius 3 is 2.54 bits per heavy atom. The molecule has 3 aromatic heterocycles. The molecule has 0 saturated heterocycles. The Kier molecular flexibility index (Phi) is 6.65. The number of fused-ring (bicyclic) bond motifs is 1. The number of aromatic carboxylic acids is 1. The Morgan fingerprint density at radius 2 is 1.89 bits per heavy atom. The highest BCUT2D eigenvalue weighted by molar-refractivity contribution is 7.99. The molecule has 0 atom stereocenters. The van der Waals surface area contributed by atoms with Gasteiger partial charge >= 0.3 is 5.97 Å². The number of tetrazole rings is 1. The molecule has 0 spiro atoms. The number of hydrogen-bond donors (Lipinski definition) is 2. The first-order valence-electron chi connectivity index (χ1n) is 11.4. The molecular weight excluding hydrogens is 480 g/mol. The molecule has 0 bridgehead atoms. The number of nitrogens with one attached hydrogen (secondary N) is 1. The third-order valence-corrected chi connectivity index (χ3v) is 7.78. The number of nitrogens with zero attached hydrogens (tertiary/aromatic N) is 5. The van der Waals surface area contributed by atoms with Crippen molar-refractivity contribution in [2.45, 2.75) is 38.4 Å². The van der Waals surface area contributed by atoms with Gasteiger partial charge in [-0.3, -0.25) is 0 Å². The zero-order valence-corrected chi connectivity index (χ0v) is 21.0. The van der Waals surface area contributed by atoms with Crippen LogP contribution in [0, 0.1) is 0 Å². The topological polar surface area (TPSA) is 110 Å². The lowest BCUT2D eigenvalue weighted by molar-refractivity contribution is 0.0703. The number of thioether (sulfide) groups is 1. The minimum absolute atomic E-state index is 0.365. The van der Waals surface area contributed by atoms with Gasteiger partial charge in [0.25, 0.3) is 0 Å². The number of carbonyl (C=O) groups is 1. The van der Waals surface area contributed by atoms with Crippen molar-refractivity contribution >= 4 is 40.1 Å². The zero-order chi connectivity index (χ0) is 24.4. The fourth-order valence-electron chi connectivity index (χ4n) is 4.18. The lowest BCUT2D eigenvalue weighted by atomic mass is 9.98. The van der Waals surface area contributed by atoms with E-state index >= 15 is 0 Å². The number of aromatic amines is 1. The molecule has 0 saturated carbocycles. The first-order valence-corrected chi connectivity index (χ1v) is 13.2. The fraction of sp³-hybridized carbons (Fsp3) is 0.240. The predicted molar refractivity (Wildman–Crippen MR) is 139 cm³/mol. The third-order valence-electron chi connectivity index (χ3n) is 5.70. The van der Waals surface area contributed by atoms with Crippen molar-refractivity contribution in [3.8, 4) is 22.5 Å². The molecule has 2 N–H and O–H groups in total. The van der Waals surface area contributed by atoms with Crippen LogP contribution in [0.3, 0.4) is 0 Å². The number of benzene rings is 2. The van der Waals surface area contributed by atoms with E-state index < -0.39 is 5.97 Å². The number of thiophene rings is 1. The van der Waals surface area contributed by atoms with Gasteiger partial charge in [0.05, 0.1) is 12.1 Å². The van der Waals surface area contributed by atoms with Gasteiger partial charge in [-0.15, -0.1) is 21.5 Å². The monoisotopic (exact) mass is 504 g/mol. The largest absolute Gasteiger partial charge is 0.477 e. The number of rotatable bonds is 9. The van der Waals surface area contributed by atoms with Crippen molar-refractivity contribution in [3.05, 3.63) is 63.8 Å². The molecule has 0 amide bonds. The number of H-pyrrole nitrogens is 1. The summed E-state index contributed by atoms with van der Waals surface area (Å²) in [5, 5.41) is 25.2. The number of carboxylic acid groups (broad SMARTS) is 1. The number of aryl methyl sites for hydroxylation is 1. The molecule has 0 aliphatic heterocycles. The van der Waals surface area contributed by atoms with Crippen LogP contribution < -0.4 is 0 Å². The standard InChI is InChI=1S/C25H24N6O2S2/c1-3-7-19-20-21(22(35-19)24(32)33)31(25(26-20)34-4-2)14-15-10-12-16(13-11-15)17-8-5-6-9-18(17)23-27-29-30-28-23/h5-6,8-13H,3-4,7,14H2,1-2H3,(H,32,33)(H,27,28,29,30). The summed E-state index contributed by atoms with van der Waals surface area (Å²) in [6, 6.07) is 16.3. The van der Waals surface area contributed by atoms with Crippen LogP contribution >= 0.6 is 23.1 Å². The molecule has 8 nitrogen and oxygen atoms in total. The highest BCUT2D eigenvalue weighted by atomic mass is 32.2. The molecule has 0 aliphatic carbocycles. The van der Waals surface area contributed by atoms with Gasteiger partial charge in [0.1, 0.15) is 10.4 Å². The van der Waals surface area contributed by atoms with Crippen molar-refractivity contribution in [3.63, 3.8) is 0 Å². The van der Waals surface area contributed by atoms with E-state index in [-0.39, 0.29) is 0 Å². The molecule has 5 rings (SSSR count). The van der Waals surface area contributed by atoms with Gasteiger partial charge in [-0.1, -0.05) is 80.6 Å². The first kappa shape index (κ1) is 23.3. The molecule has 10 heteroatoms. The van der Waals surface area contributed by atoms with Crippen molar-refractivity contribution in [2.24, 2.45) is 0 Å². The van der Waals surface area contributed by atoms with E-state index in [1.54, 1.807) is 11.8 Å². The van der Waals surface area contributed by atoms with Gasteiger partial charge in [0, 0.05) is 10.4 Å². The molecule has 3 heterocycles. The highest BCUT2D eigenvalue weighted by Crippen LogP contribution is 2.36. The number of aromatic nitrogens is 6. The molecule has 178 valence electrons. The molecular formula is C25H24N6O2S2. The van der Waals surface area contributed by atoms with Crippen molar-refractivity contribution in [2.75, 3.05) is 5.75 Å². The van der Waals surface area contributed by atoms with Crippen molar-refractivity contribution in [1.29, 1.82) is 0 Å². The maximum atomic E-state index is 12.1. The summed E-state index contributed by atoms with van der Waals surface area (Å²) >= 11 is 2.99. The van der Waals surface area contributed by atoms with Crippen LogP contribution in [0.1, 0.15) is 40.4 Å². The molecule has 0 fully saturated rings. The fourth-order valence-corrected chi connectivity index (χ4v) is 6.09. The van der Waals surface area contributed by atoms with E-state index in [0.29, 0.717) is 17.2 Å². The molecule has 2 aromatic carbocycles. The van der Waals surface area contributed by atoms with Gasteiger partial charge < -0.3 is 9.67 Å². The molecule has 0 aliphatic rings.